The molecule has 2 aliphatic rings. The first-order valence-corrected chi connectivity index (χ1v) is 6.73. The molecular formula is C15H19NO3. The number of anilines is 1. The molecular weight excluding hydrogens is 242 g/mol. The largest absolute Gasteiger partial charge is 0.388 e. The molecule has 1 aromatic carbocycles. The van der Waals surface area contributed by atoms with Crippen LogP contribution >= 0.6 is 0 Å². The van der Waals surface area contributed by atoms with Gasteiger partial charge in [-0.15, -0.1) is 0 Å². The van der Waals surface area contributed by atoms with E-state index in [4.69, 9.17) is 0 Å². The number of fused-ring (bicyclic) bond motifs is 3. The van der Waals surface area contributed by atoms with Gasteiger partial charge in [-0.05, 0) is 30.9 Å². The van der Waals surface area contributed by atoms with Crippen LogP contribution in [0.3, 0.4) is 0 Å². The molecule has 1 heterocycles. The highest BCUT2D eigenvalue weighted by Crippen LogP contribution is 2.57. The quantitative estimate of drug-likeness (QED) is 0.745. The maximum atomic E-state index is 12.0. The zero-order valence-electron chi connectivity index (χ0n) is 11.3. The van der Waals surface area contributed by atoms with Crippen molar-refractivity contribution < 1.29 is 15.0 Å². The van der Waals surface area contributed by atoms with E-state index in [1.807, 2.05) is 31.2 Å². The molecule has 102 valence electrons. The molecule has 4 nitrogen and oxygen atoms in total. The Morgan fingerprint density at radius 1 is 1.42 bits per heavy atom. The van der Waals surface area contributed by atoms with Crippen LogP contribution in [0.2, 0.25) is 0 Å². The lowest BCUT2D eigenvalue weighted by Crippen LogP contribution is -2.67. The average molecular weight is 261 g/mol. The summed E-state index contributed by atoms with van der Waals surface area (Å²) in [6.45, 7) is 3.37. The summed E-state index contributed by atoms with van der Waals surface area (Å²) in [7, 11) is 0. The number of aliphatic hydroxyl groups is 2. The van der Waals surface area contributed by atoms with Crippen LogP contribution in [0, 0.1) is 0 Å². The Morgan fingerprint density at radius 2 is 2.11 bits per heavy atom. The summed E-state index contributed by atoms with van der Waals surface area (Å²) in [6, 6.07) is 7.55. The molecule has 1 amide bonds. The smallest absolute Gasteiger partial charge is 0.226 e. The van der Waals surface area contributed by atoms with E-state index in [1.54, 1.807) is 0 Å². The molecule has 0 saturated heterocycles. The molecule has 1 aliphatic carbocycles. The van der Waals surface area contributed by atoms with Crippen LogP contribution in [0.25, 0.3) is 0 Å². The summed E-state index contributed by atoms with van der Waals surface area (Å²) >= 11 is 0. The van der Waals surface area contributed by atoms with Crippen molar-refractivity contribution in [1.82, 2.24) is 0 Å². The maximum absolute atomic E-state index is 12.0. The Labute approximate surface area is 112 Å². The minimum atomic E-state index is -1.53. The fraction of sp³-hybridized carbons (Fsp3) is 0.533. The standard InChI is InChI=1S/C15H19NO3/c1-10(17)16-12-7-4-3-6-11(12)14(2)9-5-8-13(18)15(14,16)19/h3-4,6-7,13,18-19H,5,8-9H2,1-2H3. The van der Waals surface area contributed by atoms with Gasteiger partial charge in [0.1, 0.15) is 6.10 Å². The van der Waals surface area contributed by atoms with Gasteiger partial charge >= 0.3 is 0 Å². The van der Waals surface area contributed by atoms with Crippen LogP contribution in [-0.2, 0) is 10.2 Å². The van der Waals surface area contributed by atoms with Gasteiger partial charge in [0.25, 0.3) is 0 Å². The molecule has 1 saturated carbocycles. The minimum absolute atomic E-state index is 0.236. The molecule has 1 aliphatic heterocycles. The number of nitrogens with zero attached hydrogens (tertiary/aromatic N) is 1. The van der Waals surface area contributed by atoms with Crippen molar-refractivity contribution in [3.8, 4) is 0 Å². The Bertz CT molecular complexity index is 544. The van der Waals surface area contributed by atoms with Crippen LogP contribution < -0.4 is 4.90 Å². The maximum Gasteiger partial charge on any atom is 0.226 e. The molecule has 0 spiro atoms. The predicted molar refractivity (Wildman–Crippen MR) is 71.8 cm³/mol. The lowest BCUT2D eigenvalue weighted by molar-refractivity contribution is -0.151. The van der Waals surface area contributed by atoms with E-state index in [9.17, 15) is 15.0 Å². The van der Waals surface area contributed by atoms with Gasteiger partial charge in [0.15, 0.2) is 5.72 Å². The van der Waals surface area contributed by atoms with E-state index in [-0.39, 0.29) is 5.91 Å². The molecule has 1 aromatic rings. The average Bonchev–Trinajstić information content (AvgIpc) is 2.57. The van der Waals surface area contributed by atoms with E-state index >= 15 is 0 Å². The Kier molecular flexibility index (Phi) is 2.53. The van der Waals surface area contributed by atoms with E-state index in [2.05, 4.69) is 0 Å². The Balaban J connectivity index is 2.29. The number of hydrogen-bond acceptors (Lipinski definition) is 3. The van der Waals surface area contributed by atoms with Crippen molar-refractivity contribution >= 4 is 11.6 Å². The van der Waals surface area contributed by atoms with Gasteiger partial charge in [-0.1, -0.05) is 25.1 Å². The van der Waals surface area contributed by atoms with Gasteiger partial charge in [0.05, 0.1) is 5.69 Å². The van der Waals surface area contributed by atoms with Crippen molar-refractivity contribution in [2.45, 2.75) is 50.4 Å². The van der Waals surface area contributed by atoms with Gasteiger partial charge in [-0.3, -0.25) is 9.69 Å². The zero-order valence-corrected chi connectivity index (χ0v) is 11.3. The highest BCUT2D eigenvalue weighted by Gasteiger charge is 2.64. The van der Waals surface area contributed by atoms with Crippen LogP contribution in [0.4, 0.5) is 5.69 Å². The van der Waals surface area contributed by atoms with Crippen molar-refractivity contribution in [3.05, 3.63) is 29.8 Å². The number of hydrogen-bond donors (Lipinski definition) is 2. The monoisotopic (exact) mass is 261 g/mol. The fourth-order valence-corrected chi connectivity index (χ4v) is 3.86. The number of benzene rings is 1. The van der Waals surface area contributed by atoms with E-state index in [1.165, 1.54) is 11.8 Å². The molecule has 0 aromatic heterocycles. The molecule has 4 heteroatoms. The molecule has 0 bridgehead atoms. The van der Waals surface area contributed by atoms with E-state index in [0.717, 1.165) is 24.1 Å². The van der Waals surface area contributed by atoms with Crippen molar-refractivity contribution in [3.63, 3.8) is 0 Å². The van der Waals surface area contributed by atoms with Crippen LogP contribution in [-0.4, -0.2) is 27.9 Å². The first-order valence-electron chi connectivity index (χ1n) is 6.73. The van der Waals surface area contributed by atoms with E-state index < -0.39 is 17.2 Å². The lowest BCUT2D eigenvalue weighted by atomic mass is 9.65. The second kappa shape index (κ2) is 3.81. The second-order valence-electron chi connectivity index (χ2n) is 5.84. The third-order valence-corrected chi connectivity index (χ3v) is 4.83. The van der Waals surface area contributed by atoms with Crippen LogP contribution in [0.1, 0.15) is 38.7 Å². The summed E-state index contributed by atoms with van der Waals surface area (Å²) in [5, 5.41) is 21.5. The van der Waals surface area contributed by atoms with Gasteiger partial charge in [0.2, 0.25) is 5.91 Å². The third-order valence-electron chi connectivity index (χ3n) is 4.83. The summed E-state index contributed by atoms with van der Waals surface area (Å²) in [5.74, 6) is -0.236. The highest BCUT2D eigenvalue weighted by atomic mass is 16.4. The first kappa shape index (κ1) is 12.6. The normalized spacial score (nSPS) is 36.8. The van der Waals surface area contributed by atoms with Gasteiger partial charge in [-0.2, -0.15) is 0 Å². The molecule has 3 rings (SSSR count). The van der Waals surface area contributed by atoms with Gasteiger partial charge in [0, 0.05) is 12.3 Å². The minimum Gasteiger partial charge on any atom is -0.388 e. The molecule has 1 fully saturated rings. The zero-order chi connectivity index (χ0) is 13.8. The van der Waals surface area contributed by atoms with Gasteiger partial charge in [-0.25, -0.2) is 0 Å². The fourth-order valence-electron chi connectivity index (χ4n) is 3.86. The number of amides is 1. The molecule has 2 N–H and O–H groups in total. The highest BCUT2D eigenvalue weighted by molar-refractivity contribution is 5.96. The summed E-state index contributed by atoms with van der Waals surface area (Å²) < 4.78 is 0. The summed E-state index contributed by atoms with van der Waals surface area (Å²) in [5.41, 5.74) is -0.458. The Morgan fingerprint density at radius 3 is 2.79 bits per heavy atom. The van der Waals surface area contributed by atoms with Crippen molar-refractivity contribution in [2.75, 3.05) is 4.90 Å². The number of rotatable bonds is 0. The summed E-state index contributed by atoms with van der Waals surface area (Å²) in [6.07, 6.45) is 1.22. The third kappa shape index (κ3) is 1.33. The molecule has 3 atom stereocenters. The summed E-state index contributed by atoms with van der Waals surface area (Å²) in [4.78, 5) is 13.4. The predicted octanol–water partition coefficient (Wildman–Crippen LogP) is 1.54. The van der Waals surface area contributed by atoms with E-state index in [0.29, 0.717) is 6.42 Å². The topological polar surface area (TPSA) is 60.8 Å². The van der Waals surface area contributed by atoms with Crippen LogP contribution in [0.15, 0.2) is 24.3 Å². The van der Waals surface area contributed by atoms with Crippen molar-refractivity contribution in [1.29, 1.82) is 0 Å². The van der Waals surface area contributed by atoms with Crippen LogP contribution in [0.5, 0.6) is 0 Å². The molecule has 0 radical (unpaired) electrons. The van der Waals surface area contributed by atoms with Gasteiger partial charge < -0.3 is 10.2 Å². The second-order valence-corrected chi connectivity index (χ2v) is 5.84. The Hall–Kier alpha value is -1.39. The number of aliphatic hydroxyl groups excluding tert-OH is 1. The number of carbonyl (C=O) groups excluding carboxylic acids is 1. The SMILES string of the molecule is CC(=O)N1c2ccccc2C2(C)CCCC(O)C12O. The molecule has 19 heavy (non-hydrogen) atoms. The first-order chi connectivity index (χ1) is 8.93. The lowest BCUT2D eigenvalue weighted by Gasteiger charge is -2.49. The number of para-hydroxylation sites is 1. The van der Waals surface area contributed by atoms with Crippen molar-refractivity contribution in [2.24, 2.45) is 0 Å². The number of carbonyl (C=O) groups is 1. The molecule has 3 unspecified atom stereocenters.